The molecule has 0 radical (unpaired) electrons. The fourth-order valence-corrected chi connectivity index (χ4v) is 4.21. The Morgan fingerprint density at radius 3 is 2.65 bits per heavy atom. The van der Waals surface area contributed by atoms with Crippen molar-refractivity contribution >= 4 is 21.6 Å². The van der Waals surface area contributed by atoms with Crippen molar-refractivity contribution < 1.29 is 22.7 Å². The molecule has 1 fully saturated rings. The Hall–Kier alpha value is -2.36. The number of nitrogens with one attached hydrogen (secondary N) is 1. The number of morpholine rings is 1. The minimum atomic E-state index is -3.65. The molecule has 1 amide bonds. The fraction of sp³-hybridized carbons (Fsp3) is 0.353. The summed E-state index contributed by atoms with van der Waals surface area (Å²) in [4.78, 5) is 12.6. The van der Waals surface area contributed by atoms with Gasteiger partial charge in [0, 0.05) is 38.1 Å². The van der Waals surface area contributed by atoms with Crippen LogP contribution in [0.15, 0.2) is 41.4 Å². The average molecular weight is 379 g/mol. The van der Waals surface area contributed by atoms with E-state index in [0.29, 0.717) is 37.7 Å². The van der Waals surface area contributed by atoms with Gasteiger partial charge in [0.15, 0.2) is 0 Å². The maximum atomic E-state index is 12.7. The molecule has 0 atom stereocenters. The van der Waals surface area contributed by atoms with E-state index in [2.05, 4.69) is 5.32 Å². The third-order valence-corrected chi connectivity index (χ3v) is 6.01. The highest BCUT2D eigenvalue weighted by Gasteiger charge is 2.28. The van der Waals surface area contributed by atoms with E-state index in [1.54, 1.807) is 38.4 Å². The standard InChI is InChI=1S/C17H21N3O5S/c1-19-12-15(26(22,23)20-6-8-25-9-7-20)11-16(19)17(21)18-13-4-3-5-14(10-13)24-2/h3-5,10-12H,6-9H2,1-2H3,(H,18,21). The van der Waals surface area contributed by atoms with Gasteiger partial charge in [-0.05, 0) is 18.2 Å². The quantitative estimate of drug-likeness (QED) is 0.846. The van der Waals surface area contributed by atoms with Gasteiger partial charge in [-0.3, -0.25) is 4.79 Å². The smallest absolute Gasteiger partial charge is 0.272 e. The van der Waals surface area contributed by atoms with Crippen molar-refractivity contribution in [3.05, 3.63) is 42.2 Å². The summed E-state index contributed by atoms with van der Waals surface area (Å²) >= 11 is 0. The van der Waals surface area contributed by atoms with Crippen LogP contribution in [0.3, 0.4) is 0 Å². The SMILES string of the molecule is COc1cccc(NC(=O)c2cc(S(=O)(=O)N3CCOCC3)cn2C)c1. The van der Waals surface area contributed by atoms with Crippen LogP contribution < -0.4 is 10.1 Å². The second kappa shape index (κ2) is 7.48. The highest BCUT2D eigenvalue weighted by Crippen LogP contribution is 2.21. The first kappa shape index (κ1) is 18.4. The van der Waals surface area contributed by atoms with Gasteiger partial charge in [0.1, 0.15) is 16.3 Å². The second-order valence-electron chi connectivity index (χ2n) is 5.87. The molecule has 0 spiro atoms. The number of aryl methyl sites for hydroxylation is 1. The van der Waals surface area contributed by atoms with Crippen molar-refractivity contribution in [1.29, 1.82) is 0 Å². The summed E-state index contributed by atoms with van der Waals surface area (Å²) in [5.41, 5.74) is 0.813. The zero-order valence-electron chi connectivity index (χ0n) is 14.6. The number of anilines is 1. The van der Waals surface area contributed by atoms with Crippen molar-refractivity contribution in [3.8, 4) is 5.75 Å². The molecule has 0 saturated carbocycles. The first-order valence-electron chi connectivity index (χ1n) is 8.11. The Balaban J connectivity index is 1.82. The Labute approximate surface area is 152 Å². The van der Waals surface area contributed by atoms with E-state index < -0.39 is 15.9 Å². The molecule has 1 aromatic heterocycles. The summed E-state index contributed by atoms with van der Waals surface area (Å²) in [7, 11) is -0.468. The number of amides is 1. The maximum Gasteiger partial charge on any atom is 0.272 e. The van der Waals surface area contributed by atoms with Gasteiger partial charge in [0.05, 0.1) is 20.3 Å². The summed E-state index contributed by atoms with van der Waals surface area (Å²) in [5, 5.41) is 2.75. The summed E-state index contributed by atoms with van der Waals surface area (Å²) in [6.07, 6.45) is 1.45. The van der Waals surface area contributed by atoms with Crippen LogP contribution in [0, 0.1) is 0 Å². The number of hydrogen-bond acceptors (Lipinski definition) is 5. The summed E-state index contributed by atoms with van der Waals surface area (Å²) in [5.74, 6) is 0.217. The molecule has 26 heavy (non-hydrogen) atoms. The zero-order valence-corrected chi connectivity index (χ0v) is 15.5. The second-order valence-corrected chi connectivity index (χ2v) is 7.81. The third-order valence-electron chi connectivity index (χ3n) is 4.15. The summed E-state index contributed by atoms with van der Waals surface area (Å²) < 4.78 is 38.7. The van der Waals surface area contributed by atoms with Gasteiger partial charge < -0.3 is 19.4 Å². The van der Waals surface area contributed by atoms with Crippen LogP contribution in [0.1, 0.15) is 10.5 Å². The lowest BCUT2D eigenvalue weighted by molar-refractivity contribution is 0.0730. The van der Waals surface area contributed by atoms with Crippen molar-refractivity contribution in [2.45, 2.75) is 4.90 Å². The number of methoxy groups -OCH3 is 1. The zero-order chi connectivity index (χ0) is 18.7. The van der Waals surface area contributed by atoms with Gasteiger partial charge in [-0.1, -0.05) is 6.07 Å². The molecule has 140 valence electrons. The lowest BCUT2D eigenvalue weighted by Crippen LogP contribution is -2.40. The number of hydrogen-bond donors (Lipinski definition) is 1. The van der Waals surface area contributed by atoms with Crippen LogP contribution in [-0.2, 0) is 21.8 Å². The lowest BCUT2D eigenvalue weighted by Gasteiger charge is -2.25. The molecule has 8 nitrogen and oxygen atoms in total. The average Bonchev–Trinajstić information content (AvgIpc) is 3.05. The Morgan fingerprint density at radius 1 is 1.23 bits per heavy atom. The van der Waals surface area contributed by atoms with E-state index in [1.165, 1.54) is 21.1 Å². The molecule has 2 heterocycles. The number of aromatic nitrogens is 1. The van der Waals surface area contributed by atoms with E-state index >= 15 is 0 Å². The number of carbonyl (C=O) groups excluding carboxylic acids is 1. The summed E-state index contributed by atoms with van der Waals surface area (Å²) in [6.45, 7) is 1.36. The highest BCUT2D eigenvalue weighted by atomic mass is 32.2. The number of nitrogens with zero attached hydrogens (tertiary/aromatic N) is 2. The van der Waals surface area contributed by atoms with Gasteiger partial charge in [0.25, 0.3) is 5.91 Å². The first-order chi connectivity index (χ1) is 12.4. The first-order valence-corrected chi connectivity index (χ1v) is 9.55. The van der Waals surface area contributed by atoms with Crippen molar-refractivity contribution in [2.24, 2.45) is 7.05 Å². The monoisotopic (exact) mass is 379 g/mol. The van der Waals surface area contributed by atoms with E-state index in [0.717, 1.165) is 0 Å². The molecule has 1 saturated heterocycles. The van der Waals surface area contributed by atoms with E-state index in [1.807, 2.05) is 0 Å². The Bertz CT molecular complexity index is 901. The molecule has 1 aliphatic heterocycles. The van der Waals surface area contributed by atoms with Crippen molar-refractivity contribution in [3.63, 3.8) is 0 Å². The van der Waals surface area contributed by atoms with Crippen molar-refractivity contribution in [1.82, 2.24) is 8.87 Å². The molecule has 0 bridgehead atoms. The Kier molecular flexibility index (Phi) is 5.30. The number of sulfonamides is 1. The van der Waals surface area contributed by atoms with Crippen LogP contribution >= 0.6 is 0 Å². The largest absolute Gasteiger partial charge is 0.497 e. The maximum absolute atomic E-state index is 12.7. The van der Waals surface area contributed by atoms with Gasteiger partial charge in [-0.15, -0.1) is 0 Å². The molecular formula is C17H21N3O5S. The predicted molar refractivity (Wildman–Crippen MR) is 95.9 cm³/mol. The molecule has 3 rings (SSSR count). The minimum absolute atomic E-state index is 0.0951. The molecule has 1 N–H and O–H groups in total. The lowest BCUT2D eigenvalue weighted by atomic mass is 10.3. The van der Waals surface area contributed by atoms with Crippen LogP contribution in [0.25, 0.3) is 0 Å². The topological polar surface area (TPSA) is 89.9 Å². The van der Waals surface area contributed by atoms with Gasteiger partial charge in [-0.2, -0.15) is 4.31 Å². The fourth-order valence-electron chi connectivity index (χ4n) is 2.73. The normalized spacial score (nSPS) is 15.6. The van der Waals surface area contributed by atoms with Crippen molar-refractivity contribution in [2.75, 3.05) is 38.7 Å². The van der Waals surface area contributed by atoms with Gasteiger partial charge in [-0.25, -0.2) is 8.42 Å². The van der Waals surface area contributed by atoms with E-state index in [-0.39, 0.29) is 10.6 Å². The highest BCUT2D eigenvalue weighted by molar-refractivity contribution is 7.89. The van der Waals surface area contributed by atoms with Gasteiger partial charge in [0.2, 0.25) is 10.0 Å². The molecule has 2 aromatic rings. The van der Waals surface area contributed by atoms with Gasteiger partial charge >= 0.3 is 0 Å². The van der Waals surface area contributed by atoms with E-state index in [4.69, 9.17) is 9.47 Å². The van der Waals surface area contributed by atoms with Crippen LogP contribution in [0.5, 0.6) is 5.75 Å². The van der Waals surface area contributed by atoms with Crippen LogP contribution in [0.2, 0.25) is 0 Å². The van der Waals surface area contributed by atoms with E-state index in [9.17, 15) is 13.2 Å². The van der Waals surface area contributed by atoms with Crippen LogP contribution in [0.4, 0.5) is 5.69 Å². The Morgan fingerprint density at radius 2 is 1.96 bits per heavy atom. The molecule has 0 unspecified atom stereocenters. The number of ether oxygens (including phenoxy) is 2. The third kappa shape index (κ3) is 3.74. The van der Waals surface area contributed by atoms with Crippen LogP contribution in [-0.4, -0.2) is 56.6 Å². The number of benzene rings is 1. The molecule has 1 aliphatic rings. The number of rotatable bonds is 5. The molecule has 0 aliphatic carbocycles. The predicted octanol–water partition coefficient (Wildman–Crippen LogP) is 1.31. The molecule has 9 heteroatoms. The summed E-state index contributed by atoms with van der Waals surface area (Å²) in [6, 6.07) is 8.33. The molecular weight excluding hydrogens is 358 g/mol. The molecule has 1 aromatic carbocycles. The number of carbonyl (C=O) groups is 1. The minimum Gasteiger partial charge on any atom is -0.497 e.